The molecule has 140 valence electrons. The van der Waals surface area contributed by atoms with Crippen molar-refractivity contribution in [3.63, 3.8) is 0 Å². The highest BCUT2D eigenvalue weighted by atomic mass is 16.3. The summed E-state index contributed by atoms with van der Waals surface area (Å²) < 4.78 is 0. The van der Waals surface area contributed by atoms with Crippen LogP contribution in [0.2, 0.25) is 0 Å². The molecule has 0 aromatic heterocycles. The van der Waals surface area contributed by atoms with Gasteiger partial charge in [0.2, 0.25) is 0 Å². The minimum atomic E-state index is -0.664. The minimum Gasteiger partial charge on any atom is -0.392 e. The third-order valence-electron chi connectivity index (χ3n) is 5.65. The van der Waals surface area contributed by atoms with Crippen molar-refractivity contribution in [1.82, 2.24) is 9.80 Å². The second-order valence-electron chi connectivity index (χ2n) is 7.60. The molecule has 0 spiro atoms. The molecule has 0 radical (unpaired) electrons. The van der Waals surface area contributed by atoms with Crippen LogP contribution in [0.5, 0.6) is 0 Å². The first-order valence-corrected chi connectivity index (χ1v) is 9.68. The average Bonchev–Trinajstić information content (AvgIpc) is 3.28. The van der Waals surface area contributed by atoms with E-state index in [0.29, 0.717) is 19.0 Å². The summed E-state index contributed by atoms with van der Waals surface area (Å²) in [5, 5.41) is 29.9. The van der Waals surface area contributed by atoms with Gasteiger partial charge in [0.15, 0.2) is 0 Å². The Morgan fingerprint density at radius 3 is 2.40 bits per heavy atom. The van der Waals surface area contributed by atoms with Gasteiger partial charge in [0, 0.05) is 25.6 Å². The molecule has 2 aliphatic heterocycles. The number of nitrogens with zero attached hydrogens (tertiary/aromatic N) is 2. The zero-order valence-electron chi connectivity index (χ0n) is 15.1. The first-order chi connectivity index (χ1) is 12.2. The SMILES string of the molecule is OCc1ccc([C@@H](O)C[C@@H](O)CN2CCC[C@H]2CN2CCCC2)cc1. The topological polar surface area (TPSA) is 67.2 Å². The average molecular weight is 348 g/mol. The highest BCUT2D eigenvalue weighted by Crippen LogP contribution is 2.23. The van der Waals surface area contributed by atoms with E-state index in [0.717, 1.165) is 24.2 Å². The van der Waals surface area contributed by atoms with Crippen LogP contribution in [-0.4, -0.2) is 70.0 Å². The maximum Gasteiger partial charge on any atom is 0.0815 e. The van der Waals surface area contributed by atoms with E-state index in [1.165, 1.54) is 38.8 Å². The maximum atomic E-state index is 10.5. The van der Waals surface area contributed by atoms with Gasteiger partial charge >= 0.3 is 0 Å². The number of aliphatic hydroxyl groups is 3. The van der Waals surface area contributed by atoms with Gasteiger partial charge in [0.05, 0.1) is 18.8 Å². The molecule has 5 nitrogen and oxygen atoms in total. The van der Waals surface area contributed by atoms with Crippen LogP contribution in [0.25, 0.3) is 0 Å². The Bertz CT molecular complexity index is 516. The second kappa shape index (κ2) is 9.10. The normalized spacial score (nSPS) is 24.7. The van der Waals surface area contributed by atoms with E-state index < -0.39 is 12.2 Å². The zero-order valence-corrected chi connectivity index (χ0v) is 15.1. The Hall–Kier alpha value is -0.980. The smallest absolute Gasteiger partial charge is 0.0815 e. The van der Waals surface area contributed by atoms with Crippen LogP contribution in [0, 0.1) is 0 Å². The zero-order chi connectivity index (χ0) is 17.6. The van der Waals surface area contributed by atoms with Crippen molar-refractivity contribution in [2.24, 2.45) is 0 Å². The van der Waals surface area contributed by atoms with Crippen LogP contribution in [-0.2, 0) is 6.61 Å². The Kier molecular flexibility index (Phi) is 6.84. The molecule has 2 aliphatic rings. The number of aliphatic hydroxyl groups excluding tert-OH is 3. The lowest BCUT2D eigenvalue weighted by atomic mass is 10.0. The van der Waals surface area contributed by atoms with Gasteiger partial charge in [0.25, 0.3) is 0 Å². The molecule has 3 atom stereocenters. The number of rotatable bonds is 8. The lowest BCUT2D eigenvalue weighted by molar-refractivity contribution is 0.0466. The van der Waals surface area contributed by atoms with Crippen LogP contribution >= 0.6 is 0 Å². The van der Waals surface area contributed by atoms with E-state index in [1.807, 2.05) is 24.3 Å². The highest BCUT2D eigenvalue weighted by Gasteiger charge is 2.29. The number of likely N-dealkylation sites (tertiary alicyclic amines) is 2. The minimum absolute atomic E-state index is 0.00632. The fourth-order valence-electron chi connectivity index (χ4n) is 4.19. The number of hydrogen-bond acceptors (Lipinski definition) is 5. The molecular formula is C20H32N2O3. The van der Waals surface area contributed by atoms with Gasteiger partial charge in [-0.15, -0.1) is 0 Å². The predicted molar refractivity (Wildman–Crippen MR) is 98.2 cm³/mol. The lowest BCUT2D eigenvalue weighted by Crippen LogP contribution is -2.42. The molecule has 0 unspecified atom stereocenters. The number of hydrogen-bond donors (Lipinski definition) is 3. The van der Waals surface area contributed by atoms with Gasteiger partial charge in [-0.25, -0.2) is 0 Å². The van der Waals surface area contributed by atoms with Crippen molar-refractivity contribution < 1.29 is 15.3 Å². The summed E-state index contributed by atoms with van der Waals surface area (Å²) in [6.07, 6.45) is 4.22. The Balaban J connectivity index is 1.47. The van der Waals surface area contributed by atoms with E-state index in [9.17, 15) is 10.2 Å². The Morgan fingerprint density at radius 2 is 1.72 bits per heavy atom. The summed E-state index contributed by atoms with van der Waals surface area (Å²) in [6.45, 7) is 5.26. The molecule has 0 saturated carbocycles. The molecule has 0 aliphatic carbocycles. The molecule has 1 aromatic carbocycles. The van der Waals surface area contributed by atoms with Crippen molar-refractivity contribution in [1.29, 1.82) is 0 Å². The third-order valence-corrected chi connectivity index (χ3v) is 5.65. The van der Waals surface area contributed by atoms with Gasteiger partial charge in [0.1, 0.15) is 0 Å². The Morgan fingerprint density at radius 1 is 1.00 bits per heavy atom. The monoisotopic (exact) mass is 348 g/mol. The molecule has 2 heterocycles. The quantitative estimate of drug-likeness (QED) is 0.665. The van der Waals surface area contributed by atoms with Crippen molar-refractivity contribution in [3.05, 3.63) is 35.4 Å². The highest BCUT2D eigenvalue weighted by molar-refractivity contribution is 5.23. The molecule has 3 rings (SSSR count). The fraction of sp³-hybridized carbons (Fsp3) is 0.700. The summed E-state index contributed by atoms with van der Waals surface area (Å²) >= 11 is 0. The standard InChI is InChI=1S/C20H32N2O3/c23-15-16-5-7-17(8-6-16)20(25)12-19(24)14-22-11-3-4-18(22)13-21-9-1-2-10-21/h5-8,18-20,23-25H,1-4,9-15H2/t18-,19+,20-/m0/s1. The summed E-state index contributed by atoms with van der Waals surface area (Å²) in [5.41, 5.74) is 1.63. The molecule has 25 heavy (non-hydrogen) atoms. The molecule has 3 N–H and O–H groups in total. The molecule has 1 aromatic rings. The summed E-state index contributed by atoms with van der Waals surface area (Å²) in [6, 6.07) is 7.84. The van der Waals surface area contributed by atoms with Crippen LogP contribution in [0.1, 0.15) is 49.3 Å². The van der Waals surface area contributed by atoms with E-state index in [2.05, 4.69) is 9.80 Å². The number of benzene rings is 1. The Labute approximate surface area is 150 Å². The van der Waals surface area contributed by atoms with E-state index in [1.54, 1.807) is 0 Å². The van der Waals surface area contributed by atoms with E-state index in [-0.39, 0.29) is 6.61 Å². The van der Waals surface area contributed by atoms with Crippen LogP contribution in [0.4, 0.5) is 0 Å². The van der Waals surface area contributed by atoms with Gasteiger partial charge in [-0.1, -0.05) is 24.3 Å². The molecular weight excluding hydrogens is 316 g/mol. The molecule has 5 heteroatoms. The third kappa shape index (κ3) is 5.25. The van der Waals surface area contributed by atoms with Crippen LogP contribution in [0.15, 0.2) is 24.3 Å². The van der Waals surface area contributed by atoms with Gasteiger partial charge in [-0.05, 0) is 56.4 Å². The summed E-state index contributed by atoms with van der Waals surface area (Å²) in [7, 11) is 0. The first kappa shape index (κ1) is 18.8. The molecule has 0 amide bonds. The maximum absolute atomic E-state index is 10.5. The largest absolute Gasteiger partial charge is 0.392 e. The van der Waals surface area contributed by atoms with Gasteiger partial charge in [-0.2, -0.15) is 0 Å². The van der Waals surface area contributed by atoms with Crippen LogP contribution in [0.3, 0.4) is 0 Å². The number of β-amino-alcohol motifs (C(OH)–C–C–N with tert-alkyl or cyclic N) is 1. The van der Waals surface area contributed by atoms with Crippen molar-refractivity contribution in [2.75, 3.05) is 32.7 Å². The van der Waals surface area contributed by atoms with E-state index in [4.69, 9.17) is 5.11 Å². The van der Waals surface area contributed by atoms with Crippen molar-refractivity contribution >= 4 is 0 Å². The van der Waals surface area contributed by atoms with Gasteiger partial charge in [-0.3, -0.25) is 4.90 Å². The van der Waals surface area contributed by atoms with Crippen molar-refractivity contribution in [2.45, 2.75) is 57.0 Å². The molecule has 0 bridgehead atoms. The van der Waals surface area contributed by atoms with Crippen LogP contribution < -0.4 is 0 Å². The predicted octanol–water partition coefficient (Wildman–Crippen LogP) is 1.52. The summed E-state index contributed by atoms with van der Waals surface area (Å²) in [5.74, 6) is 0. The van der Waals surface area contributed by atoms with E-state index >= 15 is 0 Å². The summed E-state index contributed by atoms with van der Waals surface area (Å²) in [4.78, 5) is 4.96. The first-order valence-electron chi connectivity index (χ1n) is 9.68. The fourth-order valence-corrected chi connectivity index (χ4v) is 4.19. The van der Waals surface area contributed by atoms with Gasteiger partial charge < -0.3 is 20.2 Å². The molecule has 2 fully saturated rings. The second-order valence-corrected chi connectivity index (χ2v) is 7.60. The lowest BCUT2D eigenvalue weighted by Gasteiger charge is -2.30. The van der Waals surface area contributed by atoms with Crippen molar-refractivity contribution in [3.8, 4) is 0 Å². The molecule has 2 saturated heterocycles.